The summed E-state index contributed by atoms with van der Waals surface area (Å²) in [6.45, 7) is 4.20. The number of hydrogen-bond donors (Lipinski definition) is 1. The first-order chi connectivity index (χ1) is 8.67. The number of hydrogen-bond acceptors (Lipinski definition) is 3. The van der Waals surface area contributed by atoms with Crippen molar-refractivity contribution in [2.45, 2.75) is 30.9 Å². The van der Waals surface area contributed by atoms with Gasteiger partial charge in [-0.25, -0.2) is 4.98 Å². The Bertz CT molecular complexity index is 573. The second kappa shape index (κ2) is 6.16. The molecule has 2 aromatic rings. The van der Waals surface area contributed by atoms with E-state index in [0.29, 0.717) is 4.64 Å². The number of H-pyrrole nitrogens is 1. The summed E-state index contributed by atoms with van der Waals surface area (Å²) in [5.41, 5.74) is 2.43. The van der Waals surface area contributed by atoms with Gasteiger partial charge in [0.1, 0.15) is 10.5 Å². The molecule has 0 saturated carbocycles. The van der Waals surface area contributed by atoms with Gasteiger partial charge in [-0.05, 0) is 31.5 Å². The van der Waals surface area contributed by atoms with Crippen molar-refractivity contribution in [3.8, 4) is 0 Å². The molecule has 0 aliphatic carbocycles. The van der Waals surface area contributed by atoms with Crippen LogP contribution in [0.1, 0.15) is 24.0 Å². The standard InChI is InChI=1S/C14H16N2S2/c1-3-11-8-14(17)16-13(15-11)9-18-12-6-4-10(2)5-7-12/h4-8H,3,9H2,1-2H3,(H,15,16,17). The molecule has 0 spiro atoms. The molecule has 1 aromatic heterocycles. The molecule has 0 aliphatic heterocycles. The highest BCUT2D eigenvalue weighted by molar-refractivity contribution is 7.98. The molecule has 0 radical (unpaired) electrons. The Labute approximate surface area is 117 Å². The summed E-state index contributed by atoms with van der Waals surface area (Å²) in [5, 5.41) is 0. The molecule has 2 nitrogen and oxygen atoms in total. The lowest BCUT2D eigenvalue weighted by Crippen LogP contribution is -1.97. The number of aromatic amines is 1. The van der Waals surface area contributed by atoms with Gasteiger partial charge in [-0.15, -0.1) is 11.8 Å². The van der Waals surface area contributed by atoms with Crippen molar-refractivity contribution < 1.29 is 0 Å². The van der Waals surface area contributed by atoms with Crippen LogP contribution in [0, 0.1) is 11.6 Å². The Morgan fingerprint density at radius 1 is 1.28 bits per heavy atom. The summed E-state index contributed by atoms with van der Waals surface area (Å²) in [4.78, 5) is 8.92. The lowest BCUT2D eigenvalue weighted by Gasteiger charge is -2.04. The smallest absolute Gasteiger partial charge is 0.130 e. The molecule has 0 fully saturated rings. The second-order valence-corrected chi connectivity index (χ2v) is 5.61. The average Bonchev–Trinajstić information content (AvgIpc) is 2.37. The average molecular weight is 276 g/mol. The highest BCUT2D eigenvalue weighted by Gasteiger charge is 2.00. The van der Waals surface area contributed by atoms with E-state index in [-0.39, 0.29) is 0 Å². The Hall–Kier alpha value is -1.13. The summed E-state index contributed by atoms with van der Waals surface area (Å²) in [6, 6.07) is 10.5. The highest BCUT2D eigenvalue weighted by Crippen LogP contribution is 2.21. The van der Waals surface area contributed by atoms with E-state index in [9.17, 15) is 0 Å². The van der Waals surface area contributed by atoms with Crippen LogP contribution in [0.25, 0.3) is 0 Å². The molecular weight excluding hydrogens is 260 g/mol. The minimum atomic E-state index is 0.671. The Kier molecular flexibility index (Phi) is 4.55. The van der Waals surface area contributed by atoms with Gasteiger partial charge in [0, 0.05) is 10.6 Å². The van der Waals surface area contributed by atoms with E-state index in [1.54, 1.807) is 11.8 Å². The van der Waals surface area contributed by atoms with Gasteiger partial charge in [0.2, 0.25) is 0 Å². The van der Waals surface area contributed by atoms with Crippen molar-refractivity contribution in [3.63, 3.8) is 0 Å². The normalized spacial score (nSPS) is 10.6. The van der Waals surface area contributed by atoms with E-state index in [1.807, 2.05) is 6.07 Å². The lowest BCUT2D eigenvalue weighted by molar-refractivity contribution is 0.933. The molecule has 0 bridgehead atoms. The maximum atomic E-state index is 5.16. The molecule has 0 atom stereocenters. The predicted molar refractivity (Wildman–Crippen MR) is 79.5 cm³/mol. The van der Waals surface area contributed by atoms with Crippen LogP contribution in [-0.4, -0.2) is 9.97 Å². The van der Waals surface area contributed by atoms with Gasteiger partial charge in [-0.1, -0.05) is 36.8 Å². The molecule has 2 rings (SSSR count). The van der Waals surface area contributed by atoms with Crippen molar-refractivity contribution >= 4 is 24.0 Å². The molecule has 0 unspecified atom stereocenters. The fourth-order valence-electron chi connectivity index (χ4n) is 1.61. The van der Waals surface area contributed by atoms with E-state index in [0.717, 1.165) is 23.7 Å². The SMILES string of the molecule is CCc1cc(=S)nc(CSc2ccc(C)cc2)[nH]1. The summed E-state index contributed by atoms with van der Waals surface area (Å²) in [6.07, 6.45) is 0.953. The van der Waals surface area contributed by atoms with Crippen molar-refractivity contribution in [1.29, 1.82) is 0 Å². The van der Waals surface area contributed by atoms with Crippen LogP contribution < -0.4 is 0 Å². The monoisotopic (exact) mass is 276 g/mol. The van der Waals surface area contributed by atoms with Crippen molar-refractivity contribution in [2.24, 2.45) is 0 Å². The fraction of sp³-hybridized carbons (Fsp3) is 0.286. The van der Waals surface area contributed by atoms with Gasteiger partial charge in [-0.2, -0.15) is 0 Å². The molecule has 18 heavy (non-hydrogen) atoms. The van der Waals surface area contributed by atoms with E-state index in [4.69, 9.17) is 12.2 Å². The summed E-state index contributed by atoms with van der Waals surface area (Å²) < 4.78 is 0.671. The Morgan fingerprint density at radius 3 is 2.67 bits per heavy atom. The van der Waals surface area contributed by atoms with E-state index in [1.165, 1.54) is 10.5 Å². The molecular formula is C14H16N2S2. The summed E-state index contributed by atoms with van der Waals surface area (Å²) in [5.74, 6) is 1.77. The van der Waals surface area contributed by atoms with E-state index in [2.05, 4.69) is 48.1 Å². The van der Waals surface area contributed by atoms with Crippen molar-refractivity contribution in [3.05, 3.63) is 52.1 Å². The number of nitrogens with zero attached hydrogens (tertiary/aromatic N) is 1. The molecule has 1 N–H and O–H groups in total. The van der Waals surface area contributed by atoms with Crippen LogP contribution in [-0.2, 0) is 12.2 Å². The Morgan fingerprint density at radius 2 is 2.00 bits per heavy atom. The molecule has 4 heteroatoms. The number of nitrogens with one attached hydrogen (secondary N) is 1. The van der Waals surface area contributed by atoms with E-state index < -0.39 is 0 Å². The minimum absolute atomic E-state index is 0.671. The van der Waals surface area contributed by atoms with Gasteiger partial charge < -0.3 is 4.98 Å². The molecule has 1 aromatic carbocycles. The molecule has 1 heterocycles. The third-order valence-electron chi connectivity index (χ3n) is 2.63. The zero-order valence-electron chi connectivity index (χ0n) is 10.6. The van der Waals surface area contributed by atoms with Crippen LogP contribution in [0.2, 0.25) is 0 Å². The molecule has 0 saturated heterocycles. The first kappa shape index (κ1) is 13.3. The maximum Gasteiger partial charge on any atom is 0.130 e. The molecule has 94 valence electrons. The van der Waals surface area contributed by atoms with Gasteiger partial charge >= 0.3 is 0 Å². The third kappa shape index (κ3) is 3.68. The van der Waals surface area contributed by atoms with Crippen LogP contribution >= 0.6 is 24.0 Å². The number of thioether (sulfide) groups is 1. The number of rotatable bonds is 4. The minimum Gasteiger partial charge on any atom is -0.346 e. The van der Waals surface area contributed by atoms with Crippen LogP contribution in [0.15, 0.2) is 35.2 Å². The topological polar surface area (TPSA) is 28.7 Å². The van der Waals surface area contributed by atoms with E-state index >= 15 is 0 Å². The number of benzene rings is 1. The second-order valence-electron chi connectivity index (χ2n) is 4.15. The quantitative estimate of drug-likeness (QED) is 0.666. The maximum absolute atomic E-state index is 5.16. The first-order valence-electron chi connectivity index (χ1n) is 5.96. The van der Waals surface area contributed by atoms with Gasteiger partial charge in [-0.3, -0.25) is 0 Å². The highest BCUT2D eigenvalue weighted by atomic mass is 32.2. The number of aryl methyl sites for hydroxylation is 2. The van der Waals surface area contributed by atoms with Crippen molar-refractivity contribution in [1.82, 2.24) is 9.97 Å². The first-order valence-corrected chi connectivity index (χ1v) is 7.35. The van der Waals surface area contributed by atoms with Crippen molar-refractivity contribution in [2.75, 3.05) is 0 Å². The summed E-state index contributed by atoms with van der Waals surface area (Å²) in [7, 11) is 0. The summed E-state index contributed by atoms with van der Waals surface area (Å²) >= 11 is 6.93. The van der Waals surface area contributed by atoms with Crippen LogP contribution in [0.4, 0.5) is 0 Å². The van der Waals surface area contributed by atoms with Crippen LogP contribution in [0.5, 0.6) is 0 Å². The third-order valence-corrected chi connectivity index (χ3v) is 3.86. The van der Waals surface area contributed by atoms with Gasteiger partial charge in [0.15, 0.2) is 0 Å². The fourth-order valence-corrected chi connectivity index (χ4v) is 2.63. The van der Waals surface area contributed by atoms with Gasteiger partial charge in [0.05, 0.1) is 5.75 Å². The number of aromatic nitrogens is 2. The zero-order chi connectivity index (χ0) is 13.0. The Balaban J connectivity index is 2.08. The predicted octanol–water partition coefficient (Wildman–Crippen LogP) is 4.30. The zero-order valence-corrected chi connectivity index (χ0v) is 12.2. The molecule has 0 amide bonds. The van der Waals surface area contributed by atoms with Crippen LogP contribution in [0.3, 0.4) is 0 Å². The molecule has 0 aliphatic rings. The van der Waals surface area contributed by atoms with Gasteiger partial charge in [0.25, 0.3) is 0 Å². The lowest BCUT2D eigenvalue weighted by atomic mass is 10.2. The largest absolute Gasteiger partial charge is 0.346 e.